The third kappa shape index (κ3) is 5.50. The Balaban J connectivity index is 1.11. The van der Waals surface area contributed by atoms with Crippen molar-refractivity contribution in [3.63, 3.8) is 0 Å². The van der Waals surface area contributed by atoms with Gasteiger partial charge < -0.3 is 10.2 Å². The van der Waals surface area contributed by atoms with Crippen LogP contribution in [0.25, 0.3) is 5.52 Å². The van der Waals surface area contributed by atoms with Gasteiger partial charge in [-0.1, -0.05) is 35.7 Å². The van der Waals surface area contributed by atoms with Crippen molar-refractivity contribution in [1.29, 1.82) is 0 Å². The number of nitrogens with one attached hydrogen (secondary N) is 1. The number of carbonyl (C=O) groups excluding carboxylic acids is 1. The lowest BCUT2D eigenvalue weighted by Gasteiger charge is -2.36. The van der Waals surface area contributed by atoms with E-state index in [9.17, 15) is 4.79 Å². The van der Waals surface area contributed by atoms with Gasteiger partial charge in [-0.25, -0.2) is 4.52 Å². The van der Waals surface area contributed by atoms with Crippen LogP contribution in [0.2, 0.25) is 10.0 Å². The fourth-order valence-electron chi connectivity index (χ4n) is 3.94. The molecule has 1 aliphatic heterocycles. The summed E-state index contributed by atoms with van der Waals surface area (Å²) in [7, 11) is 0. The minimum absolute atomic E-state index is 0.0480. The molecule has 1 amide bonds. The molecule has 1 aliphatic rings. The van der Waals surface area contributed by atoms with Crippen LogP contribution in [0.15, 0.2) is 48.8 Å². The first-order chi connectivity index (χ1) is 15.1. The molecule has 1 fully saturated rings. The number of hydrogen-bond donors (Lipinski definition) is 1. The van der Waals surface area contributed by atoms with Gasteiger partial charge in [-0.15, -0.1) is 0 Å². The minimum Gasteiger partial charge on any atom is -0.368 e. The van der Waals surface area contributed by atoms with E-state index in [0.29, 0.717) is 22.2 Å². The highest BCUT2D eigenvalue weighted by Gasteiger charge is 2.19. The molecule has 164 valence electrons. The second kappa shape index (κ2) is 10.4. The molecule has 1 N–H and O–H groups in total. The van der Waals surface area contributed by atoms with Crippen molar-refractivity contribution in [2.75, 3.05) is 44.2 Å². The quantitative estimate of drug-likeness (QED) is 0.508. The molecule has 6 nitrogen and oxygen atoms in total. The third-order valence-corrected chi connectivity index (χ3v) is 6.55. The van der Waals surface area contributed by atoms with Crippen molar-refractivity contribution < 1.29 is 4.79 Å². The lowest BCUT2D eigenvalue weighted by atomic mass is 10.2. The Morgan fingerprint density at radius 2 is 1.84 bits per heavy atom. The summed E-state index contributed by atoms with van der Waals surface area (Å²) in [6.07, 6.45) is 6.70. The van der Waals surface area contributed by atoms with E-state index in [2.05, 4.69) is 20.2 Å². The minimum atomic E-state index is -0.0480. The van der Waals surface area contributed by atoms with E-state index in [-0.39, 0.29) is 5.91 Å². The summed E-state index contributed by atoms with van der Waals surface area (Å²) < 4.78 is 1.72. The Labute approximate surface area is 192 Å². The summed E-state index contributed by atoms with van der Waals surface area (Å²) >= 11 is 12.5. The summed E-state index contributed by atoms with van der Waals surface area (Å²) in [4.78, 5) is 17.1. The number of aromatic nitrogens is 2. The molecule has 1 aromatic carbocycles. The van der Waals surface area contributed by atoms with Gasteiger partial charge in [0, 0.05) is 45.1 Å². The van der Waals surface area contributed by atoms with Crippen LogP contribution >= 0.6 is 23.2 Å². The standard InChI is InChI=1S/C23H27Cl2N5O/c24-20-5-4-6-21(22(20)25)29-15-13-28(14-16-29)12-3-1-2-10-26-23(31)18-7-8-19-9-11-27-30(19)17-18/h4-9,11,17H,1-3,10,12-16H2,(H,26,31). The van der Waals surface area contributed by atoms with E-state index in [1.165, 1.54) is 0 Å². The molecule has 3 aromatic rings. The smallest absolute Gasteiger partial charge is 0.252 e. The number of benzene rings is 1. The highest BCUT2D eigenvalue weighted by Crippen LogP contribution is 2.32. The molecule has 4 rings (SSSR count). The SMILES string of the molecule is O=C(NCCCCCN1CCN(c2cccc(Cl)c2Cl)CC1)c1ccc2ccnn2c1. The maximum absolute atomic E-state index is 12.3. The number of fused-ring (bicyclic) bond motifs is 1. The molecule has 0 bridgehead atoms. The molecule has 0 spiro atoms. The number of amides is 1. The van der Waals surface area contributed by atoms with Crippen LogP contribution in [0.5, 0.6) is 0 Å². The highest BCUT2D eigenvalue weighted by atomic mass is 35.5. The molecule has 31 heavy (non-hydrogen) atoms. The van der Waals surface area contributed by atoms with E-state index in [1.807, 2.05) is 36.4 Å². The van der Waals surface area contributed by atoms with Gasteiger partial charge in [0.1, 0.15) is 0 Å². The number of pyridine rings is 1. The Morgan fingerprint density at radius 1 is 1.00 bits per heavy atom. The molecule has 0 unspecified atom stereocenters. The number of carbonyl (C=O) groups is 1. The first-order valence-corrected chi connectivity index (χ1v) is 11.5. The predicted octanol–water partition coefficient (Wildman–Crippen LogP) is 4.36. The van der Waals surface area contributed by atoms with Crippen molar-refractivity contribution in [1.82, 2.24) is 19.8 Å². The molecule has 1 saturated heterocycles. The molecule has 0 saturated carbocycles. The maximum atomic E-state index is 12.3. The van der Waals surface area contributed by atoms with E-state index in [4.69, 9.17) is 23.2 Å². The second-order valence-electron chi connectivity index (χ2n) is 7.84. The molecule has 0 atom stereocenters. The molecule has 0 radical (unpaired) electrons. The van der Waals surface area contributed by atoms with Crippen molar-refractivity contribution >= 4 is 40.3 Å². The van der Waals surface area contributed by atoms with Gasteiger partial charge in [0.2, 0.25) is 0 Å². The van der Waals surface area contributed by atoms with Crippen LogP contribution in [0.1, 0.15) is 29.6 Å². The number of nitrogens with zero attached hydrogens (tertiary/aromatic N) is 4. The van der Waals surface area contributed by atoms with Crippen molar-refractivity contribution in [3.8, 4) is 0 Å². The Bertz CT molecular complexity index is 1030. The van der Waals surface area contributed by atoms with Gasteiger partial charge in [0.25, 0.3) is 5.91 Å². The normalized spacial score (nSPS) is 14.8. The summed E-state index contributed by atoms with van der Waals surface area (Å²) in [5, 5.41) is 8.43. The molecule has 0 aliphatic carbocycles. The summed E-state index contributed by atoms with van der Waals surface area (Å²) in [6.45, 7) is 5.73. The molecule has 2 aromatic heterocycles. The molecular formula is C23H27Cl2N5O. The van der Waals surface area contributed by atoms with Gasteiger partial charge >= 0.3 is 0 Å². The van der Waals surface area contributed by atoms with Crippen molar-refractivity contribution in [2.45, 2.75) is 19.3 Å². The first-order valence-electron chi connectivity index (χ1n) is 10.7. The van der Waals surface area contributed by atoms with E-state index in [0.717, 1.165) is 63.2 Å². The average Bonchev–Trinajstić information content (AvgIpc) is 3.26. The Morgan fingerprint density at radius 3 is 2.68 bits per heavy atom. The summed E-state index contributed by atoms with van der Waals surface area (Å²) in [6, 6.07) is 11.5. The van der Waals surface area contributed by atoms with E-state index >= 15 is 0 Å². The van der Waals surface area contributed by atoms with E-state index < -0.39 is 0 Å². The fraction of sp³-hybridized carbons (Fsp3) is 0.391. The third-order valence-electron chi connectivity index (χ3n) is 5.74. The van der Waals surface area contributed by atoms with Crippen molar-refractivity contribution in [3.05, 3.63) is 64.4 Å². The molecule has 8 heteroatoms. The second-order valence-corrected chi connectivity index (χ2v) is 8.62. The molecular weight excluding hydrogens is 433 g/mol. The van der Waals surface area contributed by atoms with Crippen LogP contribution in [0, 0.1) is 0 Å². The van der Waals surface area contributed by atoms with Crippen molar-refractivity contribution in [2.24, 2.45) is 0 Å². The number of piperazine rings is 1. The van der Waals surface area contributed by atoms with Crippen LogP contribution in [-0.4, -0.2) is 59.7 Å². The van der Waals surface area contributed by atoms with Gasteiger partial charge in [-0.3, -0.25) is 9.69 Å². The van der Waals surface area contributed by atoms with Crippen LogP contribution < -0.4 is 10.2 Å². The van der Waals surface area contributed by atoms with E-state index in [1.54, 1.807) is 16.9 Å². The monoisotopic (exact) mass is 459 g/mol. The summed E-state index contributed by atoms with van der Waals surface area (Å²) in [5.41, 5.74) is 2.64. The topological polar surface area (TPSA) is 52.9 Å². The summed E-state index contributed by atoms with van der Waals surface area (Å²) in [5.74, 6) is -0.0480. The lowest BCUT2D eigenvalue weighted by molar-refractivity contribution is 0.0952. The van der Waals surface area contributed by atoms with Crippen LogP contribution in [0.3, 0.4) is 0 Å². The Hall–Kier alpha value is -2.28. The largest absolute Gasteiger partial charge is 0.368 e. The van der Waals surface area contributed by atoms with Gasteiger partial charge in [0.05, 0.1) is 26.8 Å². The van der Waals surface area contributed by atoms with Gasteiger partial charge in [-0.05, 0) is 49.7 Å². The van der Waals surface area contributed by atoms with Crippen LogP contribution in [-0.2, 0) is 0 Å². The predicted molar refractivity (Wildman–Crippen MR) is 126 cm³/mol. The fourth-order valence-corrected chi connectivity index (χ4v) is 4.35. The van der Waals surface area contributed by atoms with Gasteiger partial charge in [0.15, 0.2) is 0 Å². The number of anilines is 1. The number of unbranched alkanes of at least 4 members (excludes halogenated alkanes) is 2. The first kappa shape index (κ1) is 21.9. The Kier molecular flexibility index (Phi) is 7.33. The maximum Gasteiger partial charge on any atom is 0.252 e. The number of rotatable bonds is 8. The molecule has 3 heterocycles. The number of halogens is 2. The number of hydrogen-bond acceptors (Lipinski definition) is 4. The zero-order valence-electron chi connectivity index (χ0n) is 17.4. The highest BCUT2D eigenvalue weighted by molar-refractivity contribution is 6.43. The average molecular weight is 460 g/mol. The zero-order chi connectivity index (χ0) is 21.6. The van der Waals surface area contributed by atoms with Gasteiger partial charge in [-0.2, -0.15) is 5.10 Å². The lowest BCUT2D eigenvalue weighted by Crippen LogP contribution is -2.46. The van der Waals surface area contributed by atoms with Crippen LogP contribution in [0.4, 0.5) is 5.69 Å². The zero-order valence-corrected chi connectivity index (χ0v) is 18.9.